The first-order valence-corrected chi connectivity index (χ1v) is 9.81. The predicted octanol–water partition coefficient (Wildman–Crippen LogP) is 4.26. The summed E-state index contributed by atoms with van der Waals surface area (Å²) in [7, 11) is 0. The van der Waals surface area contributed by atoms with Crippen molar-refractivity contribution < 1.29 is 4.79 Å². The fourth-order valence-electron chi connectivity index (χ4n) is 3.72. The van der Waals surface area contributed by atoms with Crippen molar-refractivity contribution in [1.82, 2.24) is 19.9 Å². The number of carbonyl (C=O) groups is 1. The first kappa shape index (κ1) is 18.0. The number of hydrogen-bond acceptors (Lipinski definition) is 3. The van der Waals surface area contributed by atoms with Crippen molar-refractivity contribution in [2.45, 2.75) is 38.5 Å². The molecular weight excluding hydrogens is 360 g/mol. The second-order valence-corrected chi connectivity index (χ2v) is 7.69. The summed E-state index contributed by atoms with van der Waals surface area (Å²) in [4.78, 5) is 26.9. The molecule has 1 saturated heterocycles. The van der Waals surface area contributed by atoms with Crippen LogP contribution in [0.3, 0.4) is 0 Å². The average molecular weight is 383 g/mol. The Morgan fingerprint density at radius 2 is 2.00 bits per heavy atom. The molecule has 1 amide bonds. The summed E-state index contributed by atoms with van der Waals surface area (Å²) >= 11 is 5.91. The van der Waals surface area contributed by atoms with Crippen molar-refractivity contribution in [2.24, 2.45) is 0 Å². The molecule has 140 valence electrons. The Labute approximate surface area is 163 Å². The van der Waals surface area contributed by atoms with E-state index in [1.165, 1.54) is 5.69 Å². The van der Waals surface area contributed by atoms with Crippen LogP contribution in [-0.2, 0) is 11.2 Å². The fraction of sp³-hybridized carbons (Fsp3) is 0.381. The lowest BCUT2D eigenvalue weighted by atomic mass is 9.93. The SMILES string of the molecule is Cc1cnc2cc(C3CCN(C(=O)CCc4ccc(Cl)cc4)CC3)[nH]c2n1. The molecule has 3 heterocycles. The van der Waals surface area contributed by atoms with Gasteiger partial charge < -0.3 is 9.88 Å². The number of benzene rings is 1. The molecule has 0 atom stereocenters. The maximum Gasteiger partial charge on any atom is 0.222 e. The minimum absolute atomic E-state index is 0.235. The zero-order valence-corrected chi connectivity index (χ0v) is 16.2. The minimum atomic E-state index is 0.235. The third-order valence-electron chi connectivity index (χ3n) is 5.30. The lowest BCUT2D eigenvalue weighted by Crippen LogP contribution is -2.38. The van der Waals surface area contributed by atoms with Gasteiger partial charge in [0.2, 0.25) is 5.91 Å². The minimum Gasteiger partial charge on any atom is -0.343 e. The lowest BCUT2D eigenvalue weighted by Gasteiger charge is -2.31. The number of aryl methyl sites for hydroxylation is 2. The molecule has 5 nitrogen and oxygen atoms in total. The quantitative estimate of drug-likeness (QED) is 0.733. The number of likely N-dealkylation sites (tertiary alicyclic amines) is 1. The molecular formula is C21H23ClN4O. The Kier molecular flexibility index (Phi) is 5.12. The Balaban J connectivity index is 1.32. The Hall–Kier alpha value is -2.40. The monoisotopic (exact) mass is 382 g/mol. The Morgan fingerprint density at radius 3 is 2.74 bits per heavy atom. The number of fused-ring (bicyclic) bond motifs is 1. The van der Waals surface area contributed by atoms with E-state index in [0.717, 1.165) is 59.8 Å². The summed E-state index contributed by atoms with van der Waals surface area (Å²) in [6.45, 7) is 3.56. The van der Waals surface area contributed by atoms with Crippen LogP contribution < -0.4 is 0 Å². The third-order valence-corrected chi connectivity index (χ3v) is 5.56. The number of nitrogens with one attached hydrogen (secondary N) is 1. The van der Waals surface area contributed by atoms with Crippen LogP contribution >= 0.6 is 11.6 Å². The Bertz CT molecular complexity index is 942. The van der Waals surface area contributed by atoms with Gasteiger partial charge in [0.1, 0.15) is 5.52 Å². The van der Waals surface area contributed by atoms with Gasteiger partial charge in [0, 0.05) is 42.3 Å². The molecule has 1 aromatic carbocycles. The standard InChI is InChI=1S/C21H23ClN4O/c1-14-13-23-19-12-18(25-21(19)24-14)16-8-10-26(11-9-16)20(27)7-4-15-2-5-17(22)6-3-15/h2-3,5-6,12-13,16H,4,7-11H2,1H3,(H,24,25). The molecule has 2 aromatic heterocycles. The van der Waals surface area contributed by atoms with Crippen molar-refractivity contribution in [2.75, 3.05) is 13.1 Å². The number of hydrogen-bond donors (Lipinski definition) is 1. The number of halogens is 1. The molecule has 0 unspecified atom stereocenters. The molecule has 1 aliphatic heterocycles. The zero-order chi connectivity index (χ0) is 18.8. The van der Waals surface area contributed by atoms with Gasteiger partial charge >= 0.3 is 0 Å². The highest BCUT2D eigenvalue weighted by Crippen LogP contribution is 2.29. The van der Waals surface area contributed by atoms with Crippen molar-refractivity contribution in [3.63, 3.8) is 0 Å². The van der Waals surface area contributed by atoms with Crippen molar-refractivity contribution in [3.8, 4) is 0 Å². The van der Waals surface area contributed by atoms with Crippen molar-refractivity contribution in [3.05, 3.63) is 58.5 Å². The molecule has 6 heteroatoms. The lowest BCUT2D eigenvalue weighted by molar-refractivity contribution is -0.132. The fourth-order valence-corrected chi connectivity index (χ4v) is 3.85. The van der Waals surface area contributed by atoms with Crippen molar-refractivity contribution >= 4 is 28.7 Å². The molecule has 4 rings (SSSR count). The van der Waals surface area contributed by atoms with Crippen LogP contribution in [0.4, 0.5) is 0 Å². The van der Waals surface area contributed by atoms with Gasteiger partial charge in [-0.15, -0.1) is 0 Å². The molecule has 1 N–H and O–H groups in total. The summed E-state index contributed by atoms with van der Waals surface area (Å²) < 4.78 is 0. The molecule has 27 heavy (non-hydrogen) atoms. The number of nitrogens with zero attached hydrogens (tertiary/aromatic N) is 3. The molecule has 0 saturated carbocycles. The van der Waals surface area contributed by atoms with Crippen LogP contribution in [0.1, 0.15) is 42.1 Å². The van der Waals surface area contributed by atoms with Gasteiger partial charge in [0.05, 0.1) is 5.69 Å². The van der Waals surface area contributed by atoms with E-state index in [0.29, 0.717) is 12.3 Å². The van der Waals surface area contributed by atoms with Crippen LogP contribution in [0.2, 0.25) is 5.02 Å². The highest BCUT2D eigenvalue weighted by atomic mass is 35.5. The summed E-state index contributed by atoms with van der Waals surface area (Å²) in [5.41, 5.74) is 5.01. The summed E-state index contributed by atoms with van der Waals surface area (Å²) in [5, 5.41) is 0.727. The van der Waals surface area contributed by atoms with E-state index in [4.69, 9.17) is 11.6 Å². The van der Waals surface area contributed by atoms with E-state index in [1.807, 2.05) is 36.1 Å². The van der Waals surface area contributed by atoms with E-state index in [9.17, 15) is 4.79 Å². The summed E-state index contributed by atoms with van der Waals surface area (Å²) in [6.07, 6.45) is 5.04. The molecule has 1 fully saturated rings. The molecule has 3 aromatic rings. The largest absolute Gasteiger partial charge is 0.343 e. The summed E-state index contributed by atoms with van der Waals surface area (Å²) in [6, 6.07) is 9.82. The Morgan fingerprint density at radius 1 is 1.26 bits per heavy atom. The number of piperidine rings is 1. The maximum atomic E-state index is 12.5. The van der Waals surface area contributed by atoms with Crippen LogP contribution in [0.5, 0.6) is 0 Å². The topological polar surface area (TPSA) is 61.9 Å². The molecule has 0 radical (unpaired) electrons. The van der Waals surface area contributed by atoms with Crippen molar-refractivity contribution in [1.29, 1.82) is 0 Å². The van der Waals surface area contributed by atoms with Gasteiger partial charge in [-0.1, -0.05) is 23.7 Å². The highest BCUT2D eigenvalue weighted by molar-refractivity contribution is 6.30. The second-order valence-electron chi connectivity index (χ2n) is 7.25. The van der Waals surface area contributed by atoms with Gasteiger partial charge in [-0.05, 0) is 49.9 Å². The summed E-state index contributed by atoms with van der Waals surface area (Å²) in [5.74, 6) is 0.667. The van der Waals surface area contributed by atoms with E-state index in [2.05, 4.69) is 21.0 Å². The smallest absolute Gasteiger partial charge is 0.222 e. The first-order valence-electron chi connectivity index (χ1n) is 9.43. The van der Waals surface area contributed by atoms with Gasteiger partial charge in [0.15, 0.2) is 5.65 Å². The number of rotatable bonds is 4. The van der Waals surface area contributed by atoms with E-state index in [1.54, 1.807) is 6.20 Å². The molecule has 1 aliphatic rings. The van der Waals surface area contributed by atoms with Gasteiger partial charge in [-0.3, -0.25) is 9.78 Å². The van der Waals surface area contributed by atoms with Crippen LogP contribution in [0, 0.1) is 6.92 Å². The number of H-pyrrole nitrogens is 1. The average Bonchev–Trinajstić information content (AvgIpc) is 3.10. The van der Waals surface area contributed by atoms with E-state index < -0.39 is 0 Å². The normalized spacial score (nSPS) is 15.4. The van der Waals surface area contributed by atoms with E-state index >= 15 is 0 Å². The molecule has 0 spiro atoms. The predicted molar refractivity (Wildman–Crippen MR) is 107 cm³/mol. The first-order chi connectivity index (χ1) is 13.1. The molecule has 0 aliphatic carbocycles. The number of amides is 1. The van der Waals surface area contributed by atoms with E-state index in [-0.39, 0.29) is 5.91 Å². The highest BCUT2D eigenvalue weighted by Gasteiger charge is 2.25. The van der Waals surface area contributed by atoms with Gasteiger partial charge in [0.25, 0.3) is 0 Å². The molecule has 0 bridgehead atoms. The van der Waals surface area contributed by atoms with Gasteiger partial charge in [-0.2, -0.15) is 0 Å². The maximum absolute atomic E-state index is 12.5. The van der Waals surface area contributed by atoms with Crippen LogP contribution in [-0.4, -0.2) is 38.8 Å². The number of aromatic amines is 1. The van der Waals surface area contributed by atoms with Crippen LogP contribution in [0.25, 0.3) is 11.2 Å². The van der Waals surface area contributed by atoms with Crippen LogP contribution in [0.15, 0.2) is 36.5 Å². The number of carbonyl (C=O) groups excluding carboxylic acids is 1. The third kappa shape index (κ3) is 4.14. The van der Waals surface area contributed by atoms with Gasteiger partial charge in [-0.25, -0.2) is 4.98 Å². The zero-order valence-electron chi connectivity index (χ0n) is 15.4. The second kappa shape index (κ2) is 7.69. The number of aromatic nitrogens is 3.